The molecule has 0 N–H and O–H groups in total. The Morgan fingerprint density at radius 2 is 2.24 bits per heavy atom. The van der Waals surface area contributed by atoms with E-state index in [2.05, 4.69) is 0 Å². The van der Waals surface area contributed by atoms with Crippen LogP contribution in [0.25, 0.3) is 0 Å². The van der Waals surface area contributed by atoms with Crippen LogP contribution in [0.2, 0.25) is 0 Å². The van der Waals surface area contributed by atoms with E-state index in [9.17, 15) is 4.79 Å². The first-order chi connectivity index (χ1) is 8.22. The molecule has 2 rings (SSSR count). The van der Waals surface area contributed by atoms with Crippen molar-refractivity contribution in [2.45, 2.75) is 19.1 Å². The van der Waals surface area contributed by atoms with Crippen molar-refractivity contribution in [3.05, 3.63) is 35.4 Å². The van der Waals surface area contributed by atoms with Gasteiger partial charge in [0, 0.05) is 0 Å². The fourth-order valence-corrected chi connectivity index (χ4v) is 1.65. The lowest BCUT2D eigenvalue weighted by molar-refractivity contribution is 0.0488. The molecule has 4 nitrogen and oxygen atoms in total. The normalized spacial score (nSPS) is 19.8. The summed E-state index contributed by atoms with van der Waals surface area (Å²) in [6.45, 7) is 3.26. The van der Waals surface area contributed by atoms with E-state index in [0.29, 0.717) is 12.2 Å². The summed E-state index contributed by atoms with van der Waals surface area (Å²) < 4.78 is 15.5. The van der Waals surface area contributed by atoms with E-state index < -0.39 is 0 Å². The van der Waals surface area contributed by atoms with Crippen LogP contribution in [0, 0.1) is 0 Å². The average molecular weight is 236 g/mol. The molecule has 1 aromatic carbocycles. The first-order valence-corrected chi connectivity index (χ1v) is 5.63. The van der Waals surface area contributed by atoms with Crippen LogP contribution in [-0.2, 0) is 14.2 Å². The van der Waals surface area contributed by atoms with Crippen molar-refractivity contribution in [1.29, 1.82) is 0 Å². The van der Waals surface area contributed by atoms with Gasteiger partial charge in [-0.1, -0.05) is 18.2 Å². The van der Waals surface area contributed by atoms with Gasteiger partial charge in [0.15, 0.2) is 0 Å². The van der Waals surface area contributed by atoms with Crippen LogP contribution in [0.3, 0.4) is 0 Å². The number of carbonyl (C=O) groups is 1. The van der Waals surface area contributed by atoms with Crippen molar-refractivity contribution < 1.29 is 19.0 Å². The Morgan fingerprint density at radius 1 is 1.53 bits per heavy atom. The summed E-state index contributed by atoms with van der Waals surface area (Å²) in [5.41, 5.74) is 1.40. The van der Waals surface area contributed by atoms with E-state index in [1.54, 1.807) is 6.07 Å². The van der Waals surface area contributed by atoms with Crippen LogP contribution in [0.1, 0.15) is 28.9 Å². The Hall–Kier alpha value is -1.39. The van der Waals surface area contributed by atoms with Crippen molar-refractivity contribution in [3.8, 4) is 0 Å². The summed E-state index contributed by atoms with van der Waals surface area (Å²) in [4.78, 5) is 11.6. The summed E-state index contributed by atoms with van der Waals surface area (Å²) >= 11 is 0. The number of esters is 1. The lowest BCUT2D eigenvalue weighted by atomic mass is 10.0. The largest absolute Gasteiger partial charge is 0.465 e. The van der Waals surface area contributed by atoms with E-state index in [0.717, 1.165) is 12.2 Å². The molecular formula is C13H16O4. The molecule has 0 saturated carbocycles. The molecule has 1 aromatic rings. The second-order valence-electron chi connectivity index (χ2n) is 4.01. The van der Waals surface area contributed by atoms with Gasteiger partial charge in [-0.25, -0.2) is 4.79 Å². The van der Waals surface area contributed by atoms with Crippen LogP contribution in [0.4, 0.5) is 0 Å². The zero-order valence-corrected chi connectivity index (χ0v) is 10.0. The third-order valence-electron chi connectivity index (χ3n) is 2.74. The standard InChI is InChI=1S/C13H16O4/c1-9(16-7-10-8-17-10)11-5-3-4-6-12(11)13(14)15-2/h3-6,9-10H,7-8H2,1-2H3/t9?,10-/m0/s1. The molecule has 17 heavy (non-hydrogen) atoms. The van der Waals surface area contributed by atoms with Crippen LogP contribution in [-0.4, -0.2) is 32.4 Å². The molecule has 1 unspecified atom stereocenters. The summed E-state index contributed by atoms with van der Waals surface area (Å²) in [5, 5.41) is 0. The van der Waals surface area contributed by atoms with Gasteiger partial charge in [-0.15, -0.1) is 0 Å². The summed E-state index contributed by atoms with van der Waals surface area (Å²) in [5.74, 6) is -0.335. The number of benzene rings is 1. The van der Waals surface area contributed by atoms with Crippen LogP contribution < -0.4 is 0 Å². The second-order valence-corrected chi connectivity index (χ2v) is 4.01. The van der Waals surface area contributed by atoms with Crippen molar-refractivity contribution >= 4 is 5.97 Å². The van der Waals surface area contributed by atoms with Gasteiger partial charge in [-0.2, -0.15) is 0 Å². The minimum atomic E-state index is -0.335. The van der Waals surface area contributed by atoms with Crippen LogP contribution in [0.15, 0.2) is 24.3 Å². The van der Waals surface area contributed by atoms with Crippen LogP contribution >= 0.6 is 0 Å². The van der Waals surface area contributed by atoms with Crippen molar-refractivity contribution in [3.63, 3.8) is 0 Å². The first-order valence-electron chi connectivity index (χ1n) is 5.63. The quantitative estimate of drug-likeness (QED) is 0.579. The summed E-state index contributed by atoms with van der Waals surface area (Å²) in [7, 11) is 1.38. The van der Waals surface area contributed by atoms with Gasteiger partial charge in [0.2, 0.25) is 0 Å². The highest BCUT2D eigenvalue weighted by molar-refractivity contribution is 5.91. The molecular weight excluding hydrogens is 220 g/mol. The topological polar surface area (TPSA) is 48.1 Å². The fraction of sp³-hybridized carbons (Fsp3) is 0.462. The maximum atomic E-state index is 11.6. The molecule has 1 aliphatic rings. The lowest BCUT2D eigenvalue weighted by Gasteiger charge is -2.15. The van der Waals surface area contributed by atoms with Gasteiger partial charge < -0.3 is 14.2 Å². The number of hydrogen-bond acceptors (Lipinski definition) is 4. The number of ether oxygens (including phenoxy) is 3. The molecule has 1 saturated heterocycles. The molecule has 0 spiro atoms. The zero-order chi connectivity index (χ0) is 12.3. The highest BCUT2D eigenvalue weighted by Crippen LogP contribution is 2.23. The molecule has 0 aliphatic carbocycles. The van der Waals surface area contributed by atoms with E-state index in [1.807, 2.05) is 25.1 Å². The predicted octanol–water partition coefficient (Wildman–Crippen LogP) is 1.95. The zero-order valence-electron chi connectivity index (χ0n) is 10.0. The second kappa shape index (κ2) is 5.29. The number of rotatable bonds is 5. The number of carbonyl (C=O) groups excluding carboxylic acids is 1. The Labute approximate surface area is 100 Å². The first kappa shape index (κ1) is 12.1. The maximum absolute atomic E-state index is 11.6. The fourth-order valence-electron chi connectivity index (χ4n) is 1.65. The van der Waals surface area contributed by atoms with Crippen LogP contribution in [0.5, 0.6) is 0 Å². The minimum absolute atomic E-state index is 0.144. The van der Waals surface area contributed by atoms with Crippen molar-refractivity contribution in [2.75, 3.05) is 20.3 Å². The Balaban J connectivity index is 2.08. The Morgan fingerprint density at radius 3 is 2.88 bits per heavy atom. The highest BCUT2D eigenvalue weighted by Gasteiger charge is 2.24. The Bertz CT molecular complexity index is 398. The number of epoxide rings is 1. The molecule has 0 aromatic heterocycles. The molecule has 2 atom stereocenters. The average Bonchev–Trinajstić information content (AvgIpc) is 3.19. The van der Waals surface area contributed by atoms with E-state index in [-0.39, 0.29) is 18.2 Å². The van der Waals surface area contributed by atoms with Gasteiger partial charge in [-0.05, 0) is 18.6 Å². The summed E-state index contributed by atoms with van der Waals surface area (Å²) in [6.07, 6.45) is 0.0808. The molecule has 1 fully saturated rings. The van der Waals surface area contributed by atoms with E-state index >= 15 is 0 Å². The Kier molecular flexibility index (Phi) is 3.76. The van der Waals surface area contributed by atoms with Gasteiger partial charge >= 0.3 is 5.97 Å². The van der Waals surface area contributed by atoms with Gasteiger partial charge in [0.1, 0.15) is 6.10 Å². The van der Waals surface area contributed by atoms with Gasteiger partial charge in [0.25, 0.3) is 0 Å². The van der Waals surface area contributed by atoms with Crippen molar-refractivity contribution in [1.82, 2.24) is 0 Å². The predicted molar refractivity (Wildman–Crippen MR) is 61.9 cm³/mol. The third kappa shape index (κ3) is 3.05. The number of methoxy groups -OCH3 is 1. The molecule has 0 amide bonds. The number of hydrogen-bond donors (Lipinski definition) is 0. The molecule has 0 bridgehead atoms. The molecule has 92 valence electrons. The SMILES string of the molecule is COC(=O)c1ccccc1C(C)OC[C@H]1CO1. The maximum Gasteiger partial charge on any atom is 0.338 e. The highest BCUT2D eigenvalue weighted by atomic mass is 16.6. The molecule has 4 heteroatoms. The molecule has 0 radical (unpaired) electrons. The lowest BCUT2D eigenvalue weighted by Crippen LogP contribution is -2.11. The molecule has 1 heterocycles. The third-order valence-corrected chi connectivity index (χ3v) is 2.74. The minimum Gasteiger partial charge on any atom is -0.465 e. The molecule has 1 aliphatic heterocycles. The van der Waals surface area contributed by atoms with E-state index in [4.69, 9.17) is 14.2 Å². The summed E-state index contributed by atoms with van der Waals surface area (Å²) in [6, 6.07) is 7.32. The van der Waals surface area contributed by atoms with Crippen molar-refractivity contribution in [2.24, 2.45) is 0 Å². The monoisotopic (exact) mass is 236 g/mol. The van der Waals surface area contributed by atoms with Gasteiger partial charge in [0.05, 0.1) is 32.0 Å². The van der Waals surface area contributed by atoms with Gasteiger partial charge in [-0.3, -0.25) is 0 Å². The van der Waals surface area contributed by atoms with E-state index in [1.165, 1.54) is 7.11 Å². The smallest absolute Gasteiger partial charge is 0.338 e.